The monoisotopic (exact) mass is 138 g/mol. The predicted octanol–water partition coefficient (Wildman–Crippen LogP) is -0.440. The van der Waals surface area contributed by atoms with Gasteiger partial charge in [0.15, 0.2) is 13.8 Å². The molecule has 0 rings (SSSR count). The van der Waals surface area contributed by atoms with Gasteiger partial charge in [-0.25, -0.2) is 0 Å². The fourth-order valence-corrected chi connectivity index (χ4v) is 0. The highest BCUT2D eigenvalue weighted by Gasteiger charge is 1.97. The van der Waals surface area contributed by atoms with Gasteiger partial charge >= 0.3 is 0 Å². The average molecular weight is 138 g/mol. The van der Waals surface area contributed by atoms with Gasteiger partial charge in [-0.3, -0.25) is 5.21 Å². The molecule has 0 bridgehead atoms. The third kappa shape index (κ3) is 498. The van der Waals surface area contributed by atoms with Crippen molar-refractivity contribution in [3.63, 3.8) is 0 Å². The van der Waals surface area contributed by atoms with Gasteiger partial charge in [0, 0.05) is 0 Å². The molecule has 5 nitrogen and oxygen atoms in total. The van der Waals surface area contributed by atoms with Gasteiger partial charge in [0.1, 0.15) is 14.1 Å². The van der Waals surface area contributed by atoms with E-state index in [1.807, 2.05) is 0 Å². The third-order valence-electron chi connectivity index (χ3n) is 0. The zero-order valence-corrected chi connectivity index (χ0v) is 5.94. The Morgan fingerprint density at radius 3 is 1.33 bits per heavy atom. The molecule has 0 radical (unpaired) electrons. The van der Waals surface area contributed by atoms with E-state index in [2.05, 4.69) is 6.72 Å². The van der Waals surface area contributed by atoms with Crippen LogP contribution in [0.3, 0.4) is 0 Å². The van der Waals surface area contributed by atoms with Crippen molar-refractivity contribution in [1.29, 1.82) is 0 Å². The van der Waals surface area contributed by atoms with E-state index in [1.54, 1.807) is 0 Å². The SMILES string of the molecule is C=[N+](C)O.C[N+](C)(O)O. The maximum Gasteiger partial charge on any atom is 0.182 e. The third-order valence-corrected chi connectivity index (χ3v) is 0. The molecule has 0 aliphatic heterocycles. The number of rotatable bonds is 0. The maximum absolute atomic E-state index is 8.01. The second-order valence-corrected chi connectivity index (χ2v) is 1.99. The molecule has 3 N–H and O–H groups in total. The normalized spacial score (nSPS) is 9.44. The molecule has 0 aromatic rings. The van der Waals surface area contributed by atoms with Crippen molar-refractivity contribution in [2.45, 2.75) is 0 Å². The summed E-state index contributed by atoms with van der Waals surface area (Å²) < 4.78 is 0.750. The lowest BCUT2D eigenvalue weighted by Gasteiger charge is -2.04. The minimum atomic E-state index is -1.00. The molecular weight excluding hydrogens is 124 g/mol. The molecule has 9 heavy (non-hydrogen) atoms. The molecule has 56 valence electrons. The van der Waals surface area contributed by atoms with Crippen LogP contribution in [0.2, 0.25) is 0 Å². The van der Waals surface area contributed by atoms with Crippen LogP contribution in [-0.2, 0) is 0 Å². The molecule has 0 aliphatic carbocycles. The van der Waals surface area contributed by atoms with E-state index in [4.69, 9.17) is 15.6 Å². The fourth-order valence-electron chi connectivity index (χ4n) is 0. The Hall–Kier alpha value is -0.650. The maximum atomic E-state index is 8.01. The van der Waals surface area contributed by atoms with Gasteiger partial charge in [0.05, 0.1) is 0 Å². The highest BCUT2D eigenvalue weighted by atomic mass is 16.8. The molecule has 5 heteroatoms. The number of quaternary nitrogens is 1. The van der Waals surface area contributed by atoms with Crippen molar-refractivity contribution >= 4 is 6.72 Å². The molecule has 0 atom stereocenters. The van der Waals surface area contributed by atoms with Crippen molar-refractivity contribution in [3.8, 4) is 0 Å². The van der Waals surface area contributed by atoms with Crippen molar-refractivity contribution in [3.05, 3.63) is 0 Å². The average Bonchev–Trinajstić information content (AvgIpc) is 1.19. The molecule has 0 amide bonds. The quantitative estimate of drug-likeness (QED) is 0.140. The predicted molar refractivity (Wildman–Crippen MR) is 30.8 cm³/mol. The summed E-state index contributed by atoms with van der Waals surface area (Å²) in [5.41, 5.74) is 0. The Morgan fingerprint density at radius 1 is 1.33 bits per heavy atom. The van der Waals surface area contributed by atoms with E-state index < -0.39 is 4.81 Å². The first-order valence-electron chi connectivity index (χ1n) is 2.26. The Bertz CT molecular complexity index is 76.3. The van der Waals surface area contributed by atoms with Crippen LogP contribution in [0.1, 0.15) is 0 Å². The topological polar surface area (TPSA) is 63.7 Å². The smallest absolute Gasteiger partial charge is 0.182 e. The summed E-state index contributed by atoms with van der Waals surface area (Å²) in [5, 5.41) is 23.8. The largest absolute Gasteiger partial charge is 0.292 e. The lowest BCUT2D eigenvalue weighted by molar-refractivity contribution is -1.22. The summed E-state index contributed by atoms with van der Waals surface area (Å²) in [4.78, 5) is -1.00. The van der Waals surface area contributed by atoms with Crippen LogP contribution in [0.25, 0.3) is 0 Å². The molecule has 0 saturated heterocycles. The molecule has 0 saturated carbocycles. The van der Waals surface area contributed by atoms with E-state index in [0.717, 1.165) is 4.74 Å². The van der Waals surface area contributed by atoms with Crippen LogP contribution in [0.5, 0.6) is 0 Å². The van der Waals surface area contributed by atoms with E-state index in [9.17, 15) is 0 Å². The number of hydrogen-bond donors (Lipinski definition) is 3. The zero-order valence-electron chi connectivity index (χ0n) is 5.94. The number of hydroxylamine groups is 5. The van der Waals surface area contributed by atoms with Crippen molar-refractivity contribution in [1.82, 2.24) is 0 Å². The van der Waals surface area contributed by atoms with Crippen molar-refractivity contribution < 1.29 is 25.2 Å². The molecule has 0 spiro atoms. The van der Waals surface area contributed by atoms with E-state index in [1.165, 1.54) is 21.1 Å². The van der Waals surface area contributed by atoms with Gasteiger partial charge in [-0.1, -0.05) is 4.81 Å². The first-order valence-corrected chi connectivity index (χ1v) is 2.26. The van der Waals surface area contributed by atoms with Crippen LogP contribution in [0, 0.1) is 0 Å². The highest BCUT2D eigenvalue weighted by Crippen LogP contribution is 1.71. The van der Waals surface area contributed by atoms with Gasteiger partial charge in [0.2, 0.25) is 0 Å². The fraction of sp³-hybridized carbons (Fsp3) is 0.750. The van der Waals surface area contributed by atoms with Crippen molar-refractivity contribution in [2.75, 3.05) is 21.1 Å². The summed E-state index contributed by atoms with van der Waals surface area (Å²) >= 11 is 0. The highest BCUT2D eigenvalue weighted by molar-refractivity contribution is 5.13. The van der Waals surface area contributed by atoms with Crippen LogP contribution < -0.4 is 0 Å². The summed E-state index contributed by atoms with van der Waals surface area (Å²) in [6.07, 6.45) is 0. The molecule has 0 aromatic heterocycles. The number of nitrogens with zero attached hydrogens (tertiary/aromatic N) is 2. The van der Waals surface area contributed by atoms with Gasteiger partial charge in [-0.15, -0.1) is 0 Å². The van der Waals surface area contributed by atoms with Crippen LogP contribution in [0.15, 0.2) is 0 Å². The number of hydrogen-bond acceptors (Lipinski definition) is 3. The molecule has 0 aromatic carbocycles. The van der Waals surface area contributed by atoms with Gasteiger partial charge in [-0.2, -0.15) is 10.4 Å². The first-order chi connectivity index (χ1) is 3.73. The zero-order chi connectivity index (χ0) is 8.08. The van der Waals surface area contributed by atoms with Gasteiger partial charge in [0.25, 0.3) is 0 Å². The summed E-state index contributed by atoms with van der Waals surface area (Å²) in [5.74, 6) is 0. The van der Waals surface area contributed by atoms with Gasteiger partial charge < -0.3 is 0 Å². The Labute approximate surface area is 54.2 Å². The lowest BCUT2D eigenvalue weighted by atomic mass is 11.2. The summed E-state index contributed by atoms with van der Waals surface area (Å²) in [7, 11) is 3.92. The van der Waals surface area contributed by atoms with E-state index in [-0.39, 0.29) is 0 Å². The van der Waals surface area contributed by atoms with E-state index in [0.29, 0.717) is 0 Å². The second-order valence-electron chi connectivity index (χ2n) is 1.99. The molecule has 0 aliphatic rings. The molecular formula is C4H14N2O3+2. The Balaban J connectivity index is 0. The minimum absolute atomic E-state index is 0.750. The van der Waals surface area contributed by atoms with E-state index >= 15 is 0 Å². The minimum Gasteiger partial charge on any atom is -0.292 e. The second kappa shape index (κ2) is 4.25. The van der Waals surface area contributed by atoms with Crippen molar-refractivity contribution in [2.24, 2.45) is 0 Å². The Kier molecular flexibility index (Phi) is 5.28. The summed E-state index contributed by atoms with van der Waals surface area (Å²) in [6, 6.07) is 0. The van der Waals surface area contributed by atoms with Crippen LogP contribution >= 0.6 is 0 Å². The Morgan fingerprint density at radius 2 is 1.33 bits per heavy atom. The lowest BCUT2D eigenvalue weighted by Crippen LogP contribution is -2.29. The van der Waals surface area contributed by atoms with Gasteiger partial charge in [-0.05, 0) is 4.74 Å². The first kappa shape index (κ1) is 11.2. The molecule has 0 heterocycles. The van der Waals surface area contributed by atoms with Crippen LogP contribution in [-0.4, -0.2) is 53.0 Å². The summed E-state index contributed by atoms with van der Waals surface area (Å²) in [6.45, 7) is 3.03. The van der Waals surface area contributed by atoms with Crippen LogP contribution in [0.4, 0.5) is 0 Å². The molecule has 0 fully saturated rings. The standard InChI is InChI=1S/C2H8NO2.C2H6NO/c1-3(2,4)5;1-3(2)4/h4-5H,1-2H3;4H,1H2,2H3/q2*+1. The molecule has 0 unspecified atom stereocenters.